The van der Waals surface area contributed by atoms with Crippen molar-refractivity contribution in [2.75, 3.05) is 5.32 Å². The van der Waals surface area contributed by atoms with Gasteiger partial charge in [0.2, 0.25) is 5.91 Å². The number of carbonyl (C=O) groups excluding carboxylic acids is 1. The number of aryl methyl sites for hydroxylation is 1. The van der Waals surface area contributed by atoms with Gasteiger partial charge >= 0.3 is 6.16 Å². The Bertz CT molecular complexity index is 427. The Morgan fingerprint density at radius 3 is 2.93 bits per heavy atom. The minimum atomic E-state index is -1.36. The van der Waals surface area contributed by atoms with Gasteiger partial charge in [0.05, 0.1) is 0 Å². The topological polar surface area (TPSA) is 75.6 Å². The minimum Gasteiger partial charge on any atom is -0.449 e. The number of fused-ring (bicyclic) bond motifs is 1. The monoisotopic (exact) mass is 207 g/mol. The Balaban J connectivity index is 2.28. The summed E-state index contributed by atoms with van der Waals surface area (Å²) in [6.45, 7) is 0. The molecule has 2 rings (SSSR count). The summed E-state index contributed by atoms with van der Waals surface area (Å²) in [5.41, 5.74) is 1.62. The number of carbonyl (C=O) groups is 2. The third-order valence-corrected chi connectivity index (χ3v) is 2.18. The van der Waals surface area contributed by atoms with Crippen LogP contribution in [0, 0.1) is 0 Å². The summed E-state index contributed by atoms with van der Waals surface area (Å²) in [6.07, 6.45) is -0.224. The van der Waals surface area contributed by atoms with Crippen LogP contribution < -0.4 is 10.1 Å². The SMILES string of the molecule is O=C1CCc2ccc(OC(=O)O)cc2N1. The molecule has 0 saturated carbocycles. The Morgan fingerprint density at radius 1 is 1.40 bits per heavy atom. The lowest BCUT2D eigenvalue weighted by atomic mass is 10.0. The Hall–Kier alpha value is -2.04. The van der Waals surface area contributed by atoms with Gasteiger partial charge in [0.15, 0.2) is 0 Å². The van der Waals surface area contributed by atoms with Crippen LogP contribution >= 0.6 is 0 Å². The molecule has 1 heterocycles. The van der Waals surface area contributed by atoms with Crippen LogP contribution in [0.5, 0.6) is 5.75 Å². The first-order valence-electron chi connectivity index (χ1n) is 4.49. The van der Waals surface area contributed by atoms with Crippen LogP contribution in [0.3, 0.4) is 0 Å². The molecule has 0 saturated heterocycles. The van der Waals surface area contributed by atoms with E-state index in [1.165, 1.54) is 6.07 Å². The third kappa shape index (κ3) is 2.07. The van der Waals surface area contributed by atoms with E-state index in [0.717, 1.165) is 5.56 Å². The lowest BCUT2D eigenvalue weighted by Crippen LogP contribution is -2.19. The Labute approximate surface area is 85.7 Å². The first-order chi connectivity index (χ1) is 7.15. The first-order valence-corrected chi connectivity index (χ1v) is 4.49. The second-order valence-corrected chi connectivity index (χ2v) is 3.24. The normalized spacial score (nSPS) is 14.0. The number of nitrogens with one attached hydrogen (secondary N) is 1. The summed E-state index contributed by atoms with van der Waals surface area (Å²) in [7, 11) is 0. The van der Waals surface area contributed by atoms with E-state index in [-0.39, 0.29) is 11.7 Å². The zero-order chi connectivity index (χ0) is 10.8. The molecule has 1 aromatic carbocycles. The fourth-order valence-corrected chi connectivity index (χ4v) is 1.52. The molecule has 1 aliphatic rings. The molecule has 78 valence electrons. The quantitative estimate of drug-likeness (QED) is 0.542. The van der Waals surface area contributed by atoms with Crippen molar-refractivity contribution in [3.8, 4) is 5.75 Å². The molecule has 0 spiro atoms. The number of amides is 1. The highest BCUT2D eigenvalue weighted by atomic mass is 16.7. The molecule has 1 aromatic rings. The van der Waals surface area contributed by atoms with Crippen LogP contribution in [-0.2, 0) is 11.2 Å². The number of hydrogen-bond donors (Lipinski definition) is 2. The summed E-state index contributed by atoms with van der Waals surface area (Å²) in [4.78, 5) is 21.4. The van der Waals surface area contributed by atoms with Gasteiger partial charge in [-0.25, -0.2) is 4.79 Å². The van der Waals surface area contributed by atoms with Gasteiger partial charge in [-0.3, -0.25) is 4.79 Å². The van der Waals surface area contributed by atoms with Gasteiger partial charge in [0.1, 0.15) is 5.75 Å². The van der Waals surface area contributed by atoms with Gasteiger partial charge < -0.3 is 15.2 Å². The first kappa shape index (κ1) is 9.51. The number of hydrogen-bond acceptors (Lipinski definition) is 3. The van der Waals surface area contributed by atoms with E-state index in [1.54, 1.807) is 12.1 Å². The predicted molar refractivity (Wildman–Crippen MR) is 52.0 cm³/mol. The maximum atomic E-state index is 11.1. The van der Waals surface area contributed by atoms with E-state index in [4.69, 9.17) is 5.11 Å². The highest BCUT2D eigenvalue weighted by molar-refractivity contribution is 5.94. The van der Waals surface area contributed by atoms with Crippen LogP contribution in [-0.4, -0.2) is 17.2 Å². The highest BCUT2D eigenvalue weighted by Crippen LogP contribution is 2.26. The molecular formula is C10H9NO4. The summed E-state index contributed by atoms with van der Waals surface area (Å²) >= 11 is 0. The average Bonchev–Trinajstić information content (AvgIpc) is 2.16. The summed E-state index contributed by atoms with van der Waals surface area (Å²) < 4.78 is 4.48. The minimum absolute atomic E-state index is 0.0602. The Kier molecular flexibility index (Phi) is 2.29. The number of rotatable bonds is 1. The van der Waals surface area contributed by atoms with Crippen LogP contribution in [0.4, 0.5) is 10.5 Å². The number of anilines is 1. The van der Waals surface area contributed by atoms with Crippen LogP contribution in [0.15, 0.2) is 18.2 Å². The van der Waals surface area contributed by atoms with Gasteiger partial charge in [-0.05, 0) is 18.1 Å². The lowest BCUT2D eigenvalue weighted by molar-refractivity contribution is -0.116. The van der Waals surface area contributed by atoms with Gasteiger partial charge in [0, 0.05) is 18.2 Å². The second-order valence-electron chi connectivity index (χ2n) is 3.24. The molecule has 0 atom stereocenters. The standard InChI is InChI=1S/C10H9NO4/c12-9-4-2-6-1-3-7(15-10(13)14)5-8(6)11-9/h1,3,5H,2,4H2,(H,11,12)(H,13,14). The smallest absolute Gasteiger partial charge is 0.449 e. The van der Waals surface area contributed by atoms with Crippen molar-refractivity contribution in [3.63, 3.8) is 0 Å². The lowest BCUT2D eigenvalue weighted by Gasteiger charge is -2.16. The third-order valence-electron chi connectivity index (χ3n) is 2.18. The zero-order valence-electron chi connectivity index (χ0n) is 7.82. The van der Waals surface area contributed by atoms with Crippen LogP contribution in [0.1, 0.15) is 12.0 Å². The van der Waals surface area contributed by atoms with Crippen molar-refractivity contribution in [2.45, 2.75) is 12.8 Å². The van der Waals surface area contributed by atoms with Gasteiger partial charge in [-0.1, -0.05) is 6.07 Å². The van der Waals surface area contributed by atoms with E-state index >= 15 is 0 Å². The molecule has 5 heteroatoms. The summed E-state index contributed by atoms with van der Waals surface area (Å²) in [6, 6.07) is 4.85. The molecule has 0 radical (unpaired) electrons. The molecule has 2 N–H and O–H groups in total. The van der Waals surface area contributed by atoms with Crippen LogP contribution in [0.2, 0.25) is 0 Å². The van der Waals surface area contributed by atoms with Crippen molar-refractivity contribution < 1.29 is 19.4 Å². The van der Waals surface area contributed by atoms with Crippen LogP contribution in [0.25, 0.3) is 0 Å². The van der Waals surface area contributed by atoms with E-state index in [1.807, 2.05) is 0 Å². The highest BCUT2D eigenvalue weighted by Gasteiger charge is 2.15. The van der Waals surface area contributed by atoms with Gasteiger partial charge in [-0.2, -0.15) is 0 Å². The molecular weight excluding hydrogens is 198 g/mol. The van der Waals surface area contributed by atoms with E-state index < -0.39 is 6.16 Å². The molecule has 0 fully saturated rings. The largest absolute Gasteiger partial charge is 0.511 e. The maximum Gasteiger partial charge on any atom is 0.511 e. The fourth-order valence-electron chi connectivity index (χ4n) is 1.52. The molecule has 0 aromatic heterocycles. The molecule has 5 nitrogen and oxygen atoms in total. The van der Waals surface area contributed by atoms with E-state index in [2.05, 4.69) is 10.1 Å². The van der Waals surface area contributed by atoms with Crippen molar-refractivity contribution in [2.24, 2.45) is 0 Å². The van der Waals surface area contributed by atoms with Crippen molar-refractivity contribution in [1.29, 1.82) is 0 Å². The Morgan fingerprint density at radius 2 is 2.20 bits per heavy atom. The number of ether oxygens (including phenoxy) is 1. The molecule has 1 amide bonds. The number of benzene rings is 1. The van der Waals surface area contributed by atoms with E-state index in [0.29, 0.717) is 18.5 Å². The molecule has 1 aliphatic heterocycles. The molecule has 0 bridgehead atoms. The second kappa shape index (κ2) is 3.61. The van der Waals surface area contributed by atoms with E-state index in [9.17, 15) is 9.59 Å². The van der Waals surface area contributed by atoms with Crippen molar-refractivity contribution in [3.05, 3.63) is 23.8 Å². The molecule has 0 unspecified atom stereocenters. The molecule has 15 heavy (non-hydrogen) atoms. The summed E-state index contributed by atoms with van der Waals surface area (Å²) in [5.74, 6) is 0.151. The van der Waals surface area contributed by atoms with Gasteiger partial charge in [-0.15, -0.1) is 0 Å². The summed E-state index contributed by atoms with van der Waals surface area (Å²) in [5, 5.41) is 11.1. The molecule has 0 aliphatic carbocycles. The van der Waals surface area contributed by atoms with Crippen molar-refractivity contribution in [1.82, 2.24) is 0 Å². The maximum absolute atomic E-state index is 11.1. The predicted octanol–water partition coefficient (Wildman–Crippen LogP) is 1.63. The number of carboxylic acid groups (broad SMARTS) is 1. The average molecular weight is 207 g/mol. The van der Waals surface area contributed by atoms with Crippen molar-refractivity contribution >= 4 is 17.7 Å². The fraction of sp³-hybridized carbons (Fsp3) is 0.200. The zero-order valence-corrected chi connectivity index (χ0v) is 7.82. The van der Waals surface area contributed by atoms with Gasteiger partial charge in [0.25, 0.3) is 0 Å².